The number of ether oxygens (including phenoxy) is 3. The van der Waals surface area contributed by atoms with Crippen LogP contribution in [0.15, 0.2) is 60.8 Å². The summed E-state index contributed by atoms with van der Waals surface area (Å²) in [5, 5.41) is 0. The maximum Gasteiger partial charge on any atom is 0.243 e. The minimum atomic E-state index is -0.195. The first-order valence-corrected chi connectivity index (χ1v) is 10.9. The van der Waals surface area contributed by atoms with Crippen molar-refractivity contribution in [3.8, 4) is 23.1 Å². The molecule has 0 unspecified atom stereocenters. The van der Waals surface area contributed by atoms with Gasteiger partial charge in [0.15, 0.2) is 0 Å². The van der Waals surface area contributed by atoms with Crippen molar-refractivity contribution in [3.63, 3.8) is 0 Å². The van der Waals surface area contributed by atoms with Crippen molar-refractivity contribution in [1.29, 1.82) is 0 Å². The van der Waals surface area contributed by atoms with Crippen molar-refractivity contribution < 1.29 is 22.9 Å². The lowest BCUT2D eigenvalue weighted by Gasteiger charge is -2.24. The summed E-state index contributed by atoms with van der Waals surface area (Å²) >= 11 is 0.215. The number of halogens is 1. The predicted molar refractivity (Wildman–Crippen MR) is 124 cm³/mol. The average Bonchev–Trinajstić information content (AvgIpc) is 2.80. The van der Waals surface area contributed by atoms with Crippen molar-refractivity contribution in [2.45, 2.75) is 20.4 Å². The van der Waals surface area contributed by atoms with Crippen LogP contribution in [0.3, 0.4) is 0 Å². The lowest BCUT2D eigenvalue weighted by Crippen LogP contribution is -2.28. The maximum atomic E-state index is 12.6. The van der Waals surface area contributed by atoms with E-state index in [0.29, 0.717) is 34.4 Å². The number of anilines is 1. The molecule has 3 aromatic rings. The molecule has 0 aliphatic carbocycles. The SMILES string of the molecule is COc1ccc(OCCSF)c(CN(C(C)=O)c2cccnc2Oc2ccc(C)cc2)c1. The van der Waals surface area contributed by atoms with Crippen LogP contribution in [-0.4, -0.2) is 30.4 Å². The third-order valence-electron chi connectivity index (χ3n) is 4.67. The lowest BCUT2D eigenvalue weighted by molar-refractivity contribution is -0.116. The number of benzene rings is 2. The van der Waals surface area contributed by atoms with Crippen LogP contribution in [-0.2, 0) is 11.3 Å². The zero-order valence-corrected chi connectivity index (χ0v) is 19.0. The molecule has 1 amide bonds. The van der Waals surface area contributed by atoms with Gasteiger partial charge in [0.25, 0.3) is 0 Å². The number of carbonyl (C=O) groups excluding carboxylic acids is 1. The summed E-state index contributed by atoms with van der Waals surface area (Å²) in [6, 6.07) is 16.4. The molecule has 32 heavy (non-hydrogen) atoms. The second-order valence-corrected chi connectivity index (χ2v) is 7.61. The molecule has 0 bridgehead atoms. The number of methoxy groups -OCH3 is 1. The lowest BCUT2D eigenvalue weighted by atomic mass is 10.1. The van der Waals surface area contributed by atoms with Gasteiger partial charge in [-0.05, 0) is 49.4 Å². The normalized spacial score (nSPS) is 10.5. The molecule has 168 valence electrons. The van der Waals surface area contributed by atoms with Crippen LogP contribution in [0.1, 0.15) is 18.1 Å². The Hall–Kier alpha value is -3.26. The van der Waals surface area contributed by atoms with Gasteiger partial charge in [0.1, 0.15) is 22.9 Å². The van der Waals surface area contributed by atoms with Crippen molar-refractivity contribution in [1.82, 2.24) is 4.98 Å². The first-order chi connectivity index (χ1) is 15.5. The Labute approximate surface area is 191 Å². The van der Waals surface area contributed by atoms with E-state index in [0.717, 1.165) is 5.56 Å². The summed E-state index contributed by atoms with van der Waals surface area (Å²) in [6.07, 6.45) is 1.61. The fourth-order valence-electron chi connectivity index (χ4n) is 3.05. The molecule has 0 aliphatic heterocycles. The molecule has 6 nitrogen and oxygen atoms in total. The van der Waals surface area contributed by atoms with E-state index in [1.54, 1.807) is 48.5 Å². The zero-order valence-electron chi connectivity index (χ0n) is 18.2. The second kappa shape index (κ2) is 11.4. The molecule has 1 aromatic heterocycles. The second-order valence-electron chi connectivity index (χ2n) is 6.98. The molecule has 0 saturated carbocycles. The van der Waals surface area contributed by atoms with E-state index in [4.69, 9.17) is 14.2 Å². The van der Waals surface area contributed by atoms with Gasteiger partial charge in [-0.3, -0.25) is 4.79 Å². The van der Waals surface area contributed by atoms with E-state index < -0.39 is 0 Å². The molecule has 0 aliphatic rings. The highest BCUT2D eigenvalue weighted by molar-refractivity contribution is 7.94. The quantitative estimate of drug-likeness (QED) is 0.363. The fourth-order valence-corrected chi connectivity index (χ4v) is 3.20. The van der Waals surface area contributed by atoms with Gasteiger partial charge in [-0.2, -0.15) is 3.89 Å². The smallest absolute Gasteiger partial charge is 0.243 e. The van der Waals surface area contributed by atoms with E-state index in [2.05, 4.69) is 4.98 Å². The van der Waals surface area contributed by atoms with Crippen LogP contribution in [0.2, 0.25) is 0 Å². The minimum absolute atomic E-state index is 0.195. The number of hydrogen-bond acceptors (Lipinski definition) is 6. The van der Waals surface area contributed by atoms with Crippen LogP contribution >= 0.6 is 12.1 Å². The monoisotopic (exact) mass is 456 g/mol. The summed E-state index contributed by atoms with van der Waals surface area (Å²) in [5.41, 5.74) is 2.35. The van der Waals surface area contributed by atoms with Gasteiger partial charge in [-0.15, -0.1) is 0 Å². The minimum Gasteiger partial charge on any atom is -0.497 e. The third-order valence-corrected chi connectivity index (χ3v) is 4.99. The number of nitrogens with zero attached hydrogens (tertiary/aromatic N) is 2. The van der Waals surface area contributed by atoms with Crippen molar-refractivity contribution in [2.24, 2.45) is 0 Å². The highest BCUT2D eigenvalue weighted by Gasteiger charge is 2.20. The van der Waals surface area contributed by atoms with E-state index in [1.807, 2.05) is 31.2 Å². The number of aromatic nitrogens is 1. The molecule has 0 fully saturated rings. The summed E-state index contributed by atoms with van der Waals surface area (Å²) in [4.78, 5) is 18.5. The van der Waals surface area contributed by atoms with Crippen LogP contribution in [0.4, 0.5) is 9.57 Å². The molecular weight excluding hydrogens is 431 g/mol. The first-order valence-electron chi connectivity index (χ1n) is 10.0. The van der Waals surface area contributed by atoms with Gasteiger partial charge in [-0.1, -0.05) is 17.7 Å². The Morgan fingerprint density at radius 1 is 1.12 bits per heavy atom. The maximum absolute atomic E-state index is 12.6. The number of amides is 1. The molecule has 0 radical (unpaired) electrons. The average molecular weight is 457 g/mol. The highest BCUT2D eigenvalue weighted by Crippen LogP contribution is 2.33. The number of hydrogen-bond donors (Lipinski definition) is 0. The van der Waals surface area contributed by atoms with Gasteiger partial charge in [0.2, 0.25) is 11.8 Å². The van der Waals surface area contributed by atoms with Crippen LogP contribution < -0.4 is 19.1 Å². The molecule has 3 rings (SSSR count). The Morgan fingerprint density at radius 2 is 1.88 bits per heavy atom. The number of aryl methyl sites for hydroxylation is 1. The van der Waals surface area contributed by atoms with E-state index in [9.17, 15) is 8.68 Å². The summed E-state index contributed by atoms with van der Waals surface area (Å²) < 4.78 is 29.5. The standard InChI is InChI=1S/C24H25FN2O4S/c1-17-6-8-20(9-7-17)31-24-22(5-4-12-26-24)27(18(2)28)16-19-15-21(29-3)10-11-23(19)30-13-14-32-25/h4-12,15H,13-14,16H2,1-3H3. The molecule has 2 aromatic carbocycles. The molecular formula is C24H25FN2O4S. The Kier molecular flexibility index (Phi) is 8.33. The highest BCUT2D eigenvalue weighted by atomic mass is 32.2. The van der Waals surface area contributed by atoms with Crippen molar-refractivity contribution in [3.05, 3.63) is 71.9 Å². The molecule has 1 heterocycles. The van der Waals surface area contributed by atoms with Crippen LogP contribution in [0.5, 0.6) is 23.1 Å². The molecule has 0 N–H and O–H groups in total. The van der Waals surface area contributed by atoms with Gasteiger partial charge in [0, 0.05) is 30.8 Å². The third kappa shape index (κ3) is 6.13. The summed E-state index contributed by atoms with van der Waals surface area (Å²) in [6.45, 7) is 3.87. The van der Waals surface area contributed by atoms with Crippen molar-refractivity contribution >= 4 is 23.7 Å². The number of carbonyl (C=O) groups is 1. The topological polar surface area (TPSA) is 60.9 Å². The predicted octanol–water partition coefficient (Wildman–Crippen LogP) is 5.74. The van der Waals surface area contributed by atoms with E-state index >= 15 is 0 Å². The molecule has 0 spiro atoms. The molecule has 0 atom stereocenters. The largest absolute Gasteiger partial charge is 0.497 e. The van der Waals surface area contributed by atoms with Gasteiger partial charge in [0.05, 0.1) is 26.0 Å². The Bertz CT molecular complexity index is 1050. The van der Waals surface area contributed by atoms with E-state index in [-0.39, 0.29) is 37.0 Å². The van der Waals surface area contributed by atoms with Crippen LogP contribution in [0, 0.1) is 6.92 Å². The molecule has 8 heteroatoms. The molecule has 0 saturated heterocycles. The van der Waals surface area contributed by atoms with Crippen LogP contribution in [0.25, 0.3) is 0 Å². The fraction of sp³-hybridized carbons (Fsp3) is 0.250. The van der Waals surface area contributed by atoms with Gasteiger partial charge >= 0.3 is 0 Å². The summed E-state index contributed by atoms with van der Waals surface area (Å²) in [7, 11) is 1.57. The van der Waals surface area contributed by atoms with E-state index in [1.165, 1.54) is 6.92 Å². The van der Waals surface area contributed by atoms with Gasteiger partial charge in [-0.25, -0.2) is 4.98 Å². The Balaban J connectivity index is 1.93. The first kappa shape index (κ1) is 23.4. The number of rotatable bonds is 10. The Morgan fingerprint density at radius 3 is 2.56 bits per heavy atom. The zero-order chi connectivity index (χ0) is 22.9. The summed E-state index contributed by atoms with van der Waals surface area (Å²) in [5.74, 6) is 2.12. The van der Waals surface area contributed by atoms with Crippen molar-refractivity contribution in [2.75, 3.05) is 24.4 Å². The van der Waals surface area contributed by atoms with Gasteiger partial charge < -0.3 is 19.1 Å². The number of pyridine rings is 1.